The lowest BCUT2D eigenvalue weighted by Gasteiger charge is -2.22. The Kier molecular flexibility index (Phi) is 5.23. The van der Waals surface area contributed by atoms with E-state index in [1.807, 2.05) is 6.07 Å². The van der Waals surface area contributed by atoms with E-state index in [1.54, 1.807) is 36.5 Å². The highest BCUT2D eigenvalue weighted by Crippen LogP contribution is 2.26. The average Bonchev–Trinajstić information content (AvgIpc) is 3.06. The van der Waals surface area contributed by atoms with Crippen LogP contribution in [0.4, 0.5) is 0 Å². The SMILES string of the molecule is C[C@H](c1cccs1)N(C)Cc1ccc(C#CC(C)(C)O)s1. The van der Waals surface area contributed by atoms with E-state index < -0.39 is 5.60 Å². The molecule has 112 valence electrons. The molecule has 1 N–H and O–H groups in total. The zero-order valence-corrected chi connectivity index (χ0v) is 14.5. The summed E-state index contributed by atoms with van der Waals surface area (Å²) in [4.78, 5) is 6.02. The highest BCUT2D eigenvalue weighted by molar-refractivity contribution is 7.12. The van der Waals surface area contributed by atoms with Gasteiger partial charge in [0.1, 0.15) is 5.60 Å². The van der Waals surface area contributed by atoms with E-state index in [1.165, 1.54) is 9.75 Å². The van der Waals surface area contributed by atoms with Crippen LogP contribution in [-0.4, -0.2) is 22.7 Å². The smallest absolute Gasteiger partial charge is 0.120 e. The predicted molar refractivity (Wildman–Crippen MR) is 91.7 cm³/mol. The molecule has 0 amide bonds. The Morgan fingerprint density at radius 2 is 2.10 bits per heavy atom. The fourth-order valence-corrected chi connectivity index (χ4v) is 3.65. The highest BCUT2D eigenvalue weighted by Gasteiger charge is 2.13. The molecule has 0 aliphatic heterocycles. The van der Waals surface area contributed by atoms with Crippen LogP contribution in [0.25, 0.3) is 0 Å². The first-order chi connectivity index (χ1) is 9.85. The molecule has 0 aliphatic rings. The number of hydrogen-bond donors (Lipinski definition) is 1. The summed E-state index contributed by atoms with van der Waals surface area (Å²) in [6.07, 6.45) is 0. The lowest BCUT2D eigenvalue weighted by Crippen LogP contribution is -2.20. The van der Waals surface area contributed by atoms with Gasteiger partial charge in [0.15, 0.2) is 0 Å². The normalized spacial score (nSPS) is 13.0. The maximum atomic E-state index is 9.63. The first-order valence-electron chi connectivity index (χ1n) is 6.93. The van der Waals surface area contributed by atoms with Crippen LogP contribution in [0.15, 0.2) is 29.6 Å². The maximum Gasteiger partial charge on any atom is 0.120 e. The van der Waals surface area contributed by atoms with E-state index in [0.717, 1.165) is 11.4 Å². The fourth-order valence-electron chi connectivity index (χ4n) is 1.87. The Balaban J connectivity index is 2.00. The van der Waals surface area contributed by atoms with Crippen molar-refractivity contribution in [2.75, 3.05) is 7.05 Å². The number of nitrogens with zero attached hydrogens (tertiary/aromatic N) is 1. The van der Waals surface area contributed by atoms with Crippen molar-refractivity contribution in [1.29, 1.82) is 0 Å². The number of aliphatic hydroxyl groups is 1. The number of thiophene rings is 2. The molecule has 0 aromatic carbocycles. The molecule has 0 radical (unpaired) electrons. The van der Waals surface area contributed by atoms with E-state index in [-0.39, 0.29) is 0 Å². The third-order valence-corrected chi connectivity index (χ3v) is 5.20. The monoisotopic (exact) mass is 319 g/mol. The van der Waals surface area contributed by atoms with Gasteiger partial charge in [-0.05, 0) is 51.4 Å². The molecule has 0 spiro atoms. The van der Waals surface area contributed by atoms with Crippen LogP contribution in [0, 0.1) is 11.8 Å². The molecule has 2 aromatic heterocycles. The van der Waals surface area contributed by atoms with Crippen molar-refractivity contribution in [3.63, 3.8) is 0 Å². The van der Waals surface area contributed by atoms with E-state index in [0.29, 0.717) is 6.04 Å². The van der Waals surface area contributed by atoms with Gasteiger partial charge in [0.2, 0.25) is 0 Å². The molecule has 4 heteroatoms. The molecular formula is C17H21NOS2. The molecule has 2 aromatic rings. The summed E-state index contributed by atoms with van der Waals surface area (Å²) in [6.45, 7) is 6.54. The summed E-state index contributed by atoms with van der Waals surface area (Å²) in [6, 6.07) is 8.84. The second kappa shape index (κ2) is 6.76. The quantitative estimate of drug-likeness (QED) is 0.857. The molecule has 0 aliphatic carbocycles. The van der Waals surface area contributed by atoms with Crippen LogP contribution in [0.5, 0.6) is 0 Å². The van der Waals surface area contributed by atoms with Crippen molar-refractivity contribution in [3.8, 4) is 11.8 Å². The van der Waals surface area contributed by atoms with Crippen LogP contribution >= 0.6 is 22.7 Å². The van der Waals surface area contributed by atoms with Crippen LogP contribution in [0.3, 0.4) is 0 Å². The molecule has 1 atom stereocenters. The van der Waals surface area contributed by atoms with Crippen molar-refractivity contribution >= 4 is 22.7 Å². The summed E-state index contributed by atoms with van der Waals surface area (Å²) in [5.74, 6) is 5.89. The number of hydrogen-bond acceptors (Lipinski definition) is 4. The Bertz CT molecular complexity index is 626. The molecule has 2 heterocycles. The van der Waals surface area contributed by atoms with Crippen LogP contribution in [-0.2, 0) is 6.54 Å². The van der Waals surface area contributed by atoms with Crippen LogP contribution in [0.1, 0.15) is 41.4 Å². The summed E-state index contributed by atoms with van der Waals surface area (Å²) in [7, 11) is 2.15. The second-order valence-corrected chi connectivity index (χ2v) is 7.83. The van der Waals surface area contributed by atoms with E-state index in [4.69, 9.17) is 0 Å². The van der Waals surface area contributed by atoms with Crippen molar-refractivity contribution in [3.05, 3.63) is 44.3 Å². The Morgan fingerprint density at radius 1 is 1.33 bits per heavy atom. The highest BCUT2D eigenvalue weighted by atomic mass is 32.1. The van der Waals surface area contributed by atoms with Crippen LogP contribution in [0.2, 0.25) is 0 Å². The van der Waals surface area contributed by atoms with Gasteiger partial charge in [0.05, 0.1) is 4.88 Å². The summed E-state index contributed by atoms with van der Waals surface area (Å²) >= 11 is 3.49. The second-order valence-electron chi connectivity index (χ2n) is 5.68. The molecule has 2 nitrogen and oxygen atoms in total. The van der Waals surface area contributed by atoms with Gasteiger partial charge in [-0.25, -0.2) is 0 Å². The van der Waals surface area contributed by atoms with Crippen molar-refractivity contribution in [1.82, 2.24) is 4.90 Å². The minimum atomic E-state index is -0.936. The summed E-state index contributed by atoms with van der Waals surface area (Å²) < 4.78 is 0. The molecule has 0 fully saturated rings. The van der Waals surface area contributed by atoms with Gasteiger partial charge in [-0.3, -0.25) is 4.90 Å². The summed E-state index contributed by atoms with van der Waals surface area (Å²) in [5.41, 5.74) is -0.936. The van der Waals surface area contributed by atoms with Gasteiger partial charge in [0.25, 0.3) is 0 Å². The zero-order valence-electron chi connectivity index (χ0n) is 12.9. The molecule has 0 saturated heterocycles. The largest absolute Gasteiger partial charge is 0.378 e. The standard InChI is InChI=1S/C17H21NOS2/c1-13(16-6-5-11-20-16)18(4)12-15-8-7-14(21-15)9-10-17(2,3)19/h5-8,11,13,19H,12H2,1-4H3/t13-/m1/s1. The van der Waals surface area contributed by atoms with Gasteiger partial charge in [-0.1, -0.05) is 17.9 Å². The van der Waals surface area contributed by atoms with Crippen molar-refractivity contribution in [2.45, 2.75) is 39.0 Å². The zero-order chi connectivity index (χ0) is 15.5. The molecule has 0 saturated carbocycles. The Labute approximate surface area is 135 Å². The molecule has 2 rings (SSSR count). The number of rotatable bonds is 4. The third-order valence-electron chi connectivity index (χ3n) is 3.17. The fraction of sp³-hybridized carbons (Fsp3) is 0.412. The first-order valence-corrected chi connectivity index (χ1v) is 8.63. The van der Waals surface area contributed by atoms with Gasteiger partial charge in [0, 0.05) is 22.3 Å². The minimum Gasteiger partial charge on any atom is -0.378 e. The van der Waals surface area contributed by atoms with Gasteiger partial charge in [-0.15, -0.1) is 22.7 Å². The van der Waals surface area contributed by atoms with Crippen molar-refractivity contribution in [2.24, 2.45) is 0 Å². The van der Waals surface area contributed by atoms with E-state index in [9.17, 15) is 5.11 Å². The molecular weight excluding hydrogens is 298 g/mol. The van der Waals surface area contributed by atoms with Crippen molar-refractivity contribution < 1.29 is 5.11 Å². The Morgan fingerprint density at radius 3 is 2.71 bits per heavy atom. The Hall–Kier alpha value is -1.12. The van der Waals surface area contributed by atoms with Gasteiger partial charge in [-0.2, -0.15) is 0 Å². The maximum absolute atomic E-state index is 9.63. The summed E-state index contributed by atoms with van der Waals surface area (Å²) in [5, 5.41) is 11.8. The average molecular weight is 319 g/mol. The first kappa shape index (κ1) is 16.3. The van der Waals surface area contributed by atoms with Gasteiger partial charge < -0.3 is 5.11 Å². The van der Waals surface area contributed by atoms with E-state index >= 15 is 0 Å². The van der Waals surface area contributed by atoms with Crippen LogP contribution < -0.4 is 0 Å². The molecule has 21 heavy (non-hydrogen) atoms. The van der Waals surface area contributed by atoms with Gasteiger partial charge >= 0.3 is 0 Å². The lowest BCUT2D eigenvalue weighted by molar-refractivity contribution is 0.143. The molecule has 0 bridgehead atoms. The lowest BCUT2D eigenvalue weighted by atomic mass is 10.1. The minimum absolute atomic E-state index is 0.415. The molecule has 0 unspecified atom stereocenters. The topological polar surface area (TPSA) is 23.5 Å². The predicted octanol–water partition coefficient (Wildman–Crippen LogP) is 4.13. The van der Waals surface area contributed by atoms with E-state index in [2.05, 4.69) is 54.3 Å². The third kappa shape index (κ3) is 4.98.